The highest BCUT2D eigenvalue weighted by molar-refractivity contribution is 7.92. The molecule has 1 aliphatic rings. The first-order valence-electron chi connectivity index (χ1n) is 9.68. The molecule has 0 aliphatic carbocycles. The number of nitrogens with zero attached hydrogens (tertiary/aromatic N) is 1. The number of anilines is 2. The van der Waals surface area contributed by atoms with E-state index in [1.807, 2.05) is 0 Å². The van der Waals surface area contributed by atoms with Crippen molar-refractivity contribution in [2.75, 3.05) is 43.8 Å². The molecule has 0 spiro atoms. The number of methoxy groups -OCH3 is 3. The van der Waals surface area contributed by atoms with E-state index in [-0.39, 0.29) is 47.2 Å². The monoisotopic (exact) mass is 498 g/mol. The zero-order valence-electron chi connectivity index (χ0n) is 18.4. The molecule has 0 fully saturated rings. The summed E-state index contributed by atoms with van der Waals surface area (Å²) in [6.07, 6.45) is 0.0476. The number of fused-ring (bicyclic) bond motifs is 1. The maximum Gasteiger partial charge on any atom is 0.340 e. The molecule has 1 aliphatic heterocycles. The van der Waals surface area contributed by atoms with Gasteiger partial charge in [-0.15, -0.1) is 0 Å². The largest absolute Gasteiger partial charge is 0.493 e. The third kappa shape index (κ3) is 5.25. The minimum atomic E-state index is -3.65. The Hall–Kier alpha value is -3.18. The number of sulfonamides is 1. The third-order valence-electron chi connectivity index (χ3n) is 4.93. The predicted octanol–water partition coefficient (Wildman–Crippen LogP) is 2.70. The molecule has 0 unspecified atom stereocenters. The maximum absolute atomic E-state index is 13.1. The highest BCUT2D eigenvalue weighted by Crippen LogP contribution is 2.37. The lowest BCUT2D eigenvalue weighted by atomic mass is 10.1. The first kappa shape index (κ1) is 24.5. The van der Waals surface area contributed by atoms with Gasteiger partial charge in [0.15, 0.2) is 17.6 Å². The number of ether oxygens (including phenoxy) is 4. The highest BCUT2D eigenvalue weighted by Gasteiger charge is 2.32. The van der Waals surface area contributed by atoms with Gasteiger partial charge in [-0.2, -0.15) is 0 Å². The molecule has 10 nitrogen and oxygen atoms in total. The summed E-state index contributed by atoms with van der Waals surface area (Å²) in [7, 11) is 0.380. The first-order valence-corrected chi connectivity index (χ1v) is 11.9. The van der Waals surface area contributed by atoms with Crippen molar-refractivity contribution in [3.05, 3.63) is 40.9 Å². The molecule has 33 heavy (non-hydrogen) atoms. The summed E-state index contributed by atoms with van der Waals surface area (Å²) in [5, 5.41) is 2.97. The molecule has 2 aromatic rings. The van der Waals surface area contributed by atoms with E-state index in [0.717, 1.165) is 10.6 Å². The van der Waals surface area contributed by atoms with E-state index in [1.165, 1.54) is 51.7 Å². The second-order valence-electron chi connectivity index (χ2n) is 7.08. The SMILES string of the molecule is COC(=O)c1cc(OC)c(OC)cc1NC(=O)[C@H]1CCN(S(C)(=O)=O)c2cc(Cl)ccc2O1. The van der Waals surface area contributed by atoms with E-state index in [1.54, 1.807) is 0 Å². The molecule has 0 saturated heterocycles. The van der Waals surface area contributed by atoms with Crippen LogP contribution in [0.4, 0.5) is 11.4 Å². The summed E-state index contributed by atoms with van der Waals surface area (Å²) in [5.41, 5.74) is 0.400. The fourth-order valence-corrected chi connectivity index (χ4v) is 4.46. The smallest absolute Gasteiger partial charge is 0.340 e. The number of halogens is 1. The van der Waals surface area contributed by atoms with Crippen LogP contribution in [0, 0.1) is 0 Å². The second-order valence-corrected chi connectivity index (χ2v) is 9.42. The van der Waals surface area contributed by atoms with Crippen LogP contribution in [0.1, 0.15) is 16.8 Å². The van der Waals surface area contributed by atoms with Crippen molar-refractivity contribution in [2.45, 2.75) is 12.5 Å². The lowest BCUT2D eigenvalue weighted by Gasteiger charge is -2.21. The Bertz CT molecular complexity index is 1190. The summed E-state index contributed by atoms with van der Waals surface area (Å²) in [4.78, 5) is 25.4. The molecule has 0 aromatic heterocycles. The standard InChI is InChI=1S/C21H23ClN2O8S/c1-29-18-10-13(21(26)31-3)14(11-19(18)30-2)23-20(25)17-7-8-24(33(4,27)28)15-9-12(22)5-6-16(15)32-17/h5-6,9-11,17H,7-8H2,1-4H3,(H,23,25)/t17-/m1/s1. The number of esters is 1. The Morgan fingerprint density at radius 3 is 2.39 bits per heavy atom. The zero-order valence-corrected chi connectivity index (χ0v) is 20.0. The van der Waals surface area contributed by atoms with Gasteiger partial charge in [-0.3, -0.25) is 9.10 Å². The number of benzene rings is 2. The molecule has 0 saturated carbocycles. The van der Waals surface area contributed by atoms with Gasteiger partial charge in [-0.05, 0) is 18.2 Å². The number of nitrogens with one attached hydrogen (secondary N) is 1. The fourth-order valence-electron chi connectivity index (χ4n) is 3.36. The number of hydrogen-bond acceptors (Lipinski definition) is 8. The molecule has 0 bridgehead atoms. The number of carbonyl (C=O) groups excluding carboxylic acids is 2. The molecule has 0 radical (unpaired) electrons. The summed E-state index contributed by atoms with van der Waals surface area (Å²) >= 11 is 6.04. The van der Waals surface area contributed by atoms with Gasteiger partial charge in [0.2, 0.25) is 10.0 Å². The summed E-state index contributed by atoms with van der Waals surface area (Å²) in [6.45, 7) is -0.0138. The molecule has 1 N–H and O–H groups in total. The minimum absolute atomic E-state index is 0.0138. The minimum Gasteiger partial charge on any atom is -0.493 e. The Balaban J connectivity index is 1.95. The first-order chi connectivity index (χ1) is 15.6. The van der Waals surface area contributed by atoms with Crippen molar-refractivity contribution in [2.24, 2.45) is 0 Å². The number of carbonyl (C=O) groups is 2. The van der Waals surface area contributed by atoms with Gasteiger partial charge in [-0.1, -0.05) is 11.6 Å². The number of rotatable bonds is 6. The van der Waals surface area contributed by atoms with E-state index < -0.39 is 28.0 Å². The van der Waals surface area contributed by atoms with Crippen molar-refractivity contribution in [1.82, 2.24) is 0 Å². The Morgan fingerprint density at radius 2 is 1.79 bits per heavy atom. The molecular weight excluding hydrogens is 476 g/mol. The van der Waals surface area contributed by atoms with Gasteiger partial charge in [0.1, 0.15) is 5.75 Å². The van der Waals surface area contributed by atoms with Crippen LogP contribution in [0.2, 0.25) is 5.02 Å². The van der Waals surface area contributed by atoms with Crippen LogP contribution in [0.25, 0.3) is 0 Å². The Labute approximate surface area is 196 Å². The molecule has 1 atom stereocenters. The van der Waals surface area contributed by atoms with Crippen molar-refractivity contribution in [3.63, 3.8) is 0 Å². The molecule has 3 rings (SSSR count). The van der Waals surface area contributed by atoms with Gasteiger partial charge >= 0.3 is 5.97 Å². The van der Waals surface area contributed by atoms with Crippen LogP contribution in [0.15, 0.2) is 30.3 Å². The Kier molecular flexibility index (Phi) is 7.23. The van der Waals surface area contributed by atoms with Gasteiger partial charge in [0.05, 0.1) is 44.5 Å². The van der Waals surface area contributed by atoms with Crippen molar-refractivity contribution >= 4 is 44.9 Å². The third-order valence-corrected chi connectivity index (χ3v) is 6.35. The zero-order chi connectivity index (χ0) is 24.3. The summed E-state index contributed by atoms with van der Waals surface area (Å²) in [6, 6.07) is 7.30. The molecule has 2 aromatic carbocycles. The average Bonchev–Trinajstić information content (AvgIpc) is 2.97. The lowest BCUT2D eigenvalue weighted by molar-refractivity contribution is -0.122. The van der Waals surface area contributed by atoms with E-state index in [2.05, 4.69) is 5.32 Å². The second kappa shape index (κ2) is 9.75. The van der Waals surface area contributed by atoms with E-state index in [9.17, 15) is 18.0 Å². The Morgan fingerprint density at radius 1 is 1.12 bits per heavy atom. The van der Waals surface area contributed by atoms with Crippen molar-refractivity contribution in [3.8, 4) is 17.2 Å². The van der Waals surface area contributed by atoms with Gasteiger partial charge in [0, 0.05) is 30.1 Å². The van der Waals surface area contributed by atoms with E-state index >= 15 is 0 Å². The summed E-state index contributed by atoms with van der Waals surface area (Å²) < 4.78 is 46.9. The average molecular weight is 499 g/mol. The van der Waals surface area contributed by atoms with Gasteiger partial charge in [-0.25, -0.2) is 13.2 Å². The number of amides is 1. The van der Waals surface area contributed by atoms with Crippen LogP contribution in [0.5, 0.6) is 17.2 Å². The maximum atomic E-state index is 13.1. The van der Waals surface area contributed by atoms with E-state index in [0.29, 0.717) is 5.02 Å². The van der Waals surface area contributed by atoms with Gasteiger partial charge in [0.25, 0.3) is 5.91 Å². The quantitative estimate of drug-likeness (QED) is 0.603. The van der Waals surface area contributed by atoms with Crippen LogP contribution in [-0.2, 0) is 19.6 Å². The van der Waals surface area contributed by atoms with Crippen LogP contribution < -0.4 is 23.8 Å². The van der Waals surface area contributed by atoms with Gasteiger partial charge < -0.3 is 24.3 Å². The molecule has 178 valence electrons. The fraction of sp³-hybridized carbons (Fsp3) is 0.333. The summed E-state index contributed by atoms with van der Waals surface area (Å²) in [5.74, 6) is -0.551. The molecule has 1 amide bonds. The topological polar surface area (TPSA) is 120 Å². The number of hydrogen-bond donors (Lipinski definition) is 1. The highest BCUT2D eigenvalue weighted by atomic mass is 35.5. The normalized spacial score (nSPS) is 15.5. The lowest BCUT2D eigenvalue weighted by Crippen LogP contribution is -2.36. The van der Waals surface area contributed by atoms with Crippen LogP contribution >= 0.6 is 11.6 Å². The van der Waals surface area contributed by atoms with Crippen LogP contribution in [0.3, 0.4) is 0 Å². The van der Waals surface area contributed by atoms with Crippen molar-refractivity contribution in [1.29, 1.82) is 0 Å². The molecule has 12 heteroatoms. The predicted molar refractivity (Wildman–Crippen MR) is 122 cm³/mol. The van der Waals surface area contributed by atoms with Crippen LogP contribution in [-0.4, -0.2) is 60.5 Å². The molecule has 1 heterocycles. The van der Waals surface area contributed by atoms with Crippen molar-refractivity contribution < 1.29 is 37.0 Å². The molecular formula is C21H23ClN2O8S. The van der Waals surface area contributed by atoms with E-state index in [4.69, 9.17) is 30.5 Å².